The van der Waals surface area contributed by atoms with Crippen LogP contribution in [0.25, 0.3) is 11.1 Å². The molecule has 1 aliphatic rings. The summed E-state index contributed by atoms with van der Waals surface area (Å²) < 4.78 is 16.6. The van der Waals surface area contributed by atoms with E-state index in [0.717, 1.165) is 18.8 Å². The van der Waals surface area contributed by atoms with Gasteiger partial charge in [0.2, 0.25) is 0 Å². The van der Waals surface area contributed by atoms with E-state index in [4.69, 9.17) is 13.9 Å². The fourth-order valence-corrected chi connectivity index (χ4v) is 2.77. The second-order valence-electron chi connectivity index (χ2n) is 5.91. The average Bonchev–Trinajstić information content (AvgIpc) is 2.92. The molecule has 0 unspecified atom stereocenters. The maximum atomic E-state index is 11.2. The van der Waals surface area contributed by atoms with E-state index in [9.17, 15) is 4.79 Å². The summed E-state index contributed by atoms with van der Waals surface area (Å²) in [5.41, 5.74) is 2.37. The minimum Gasteiger partial charge on any atom is -0.488 e. The zero-order valence-electron chi connectivity index (χ0n) is 13.1. The molecule has 0 radical (unpaired) electrons. The Balaban J connectivity index is 1.23. The van der Waals surface area contributed by atoms with E-state index in [2.05, 4.69) is 22.0 Å². The Morgan fingerprint density at radius 1 is 1.17 bits per heavy atom. The van der Waals surface area contributed by atoms with Crippen LogP contribution in [0.5, 0.6) is 5.75 Å². The molecule has 2 heterocycles. The lowest BCUT2D eigenvalue weighted by molar-refractivity contribution is -0.0648. The number of hydrogen-bond donors (Lipinski definition) is 1. The number of H-pyrrole nitrogens is 1. The first-order valence-corrected chi connectivity index (χ1v) is 7.90. The van der Waals surface area contributed by atoms with Crippen LogP contribution in [0.3, 0.4) is 0 Å². The van der Waals surface area contributed by atoms with Crippen molar-refractivity contribution in [3.63, 3.8) is 0 Å². The third-order valence-corrected chi connectivity index (χ3v) is 4.00. The van der Waals surface area contributed by atoms with Crippen molar-refractivity contribution in [1.82, 2.24) is 9.88 Å². The first-order valence-electron chi connectivity index (χ1n) is 7.90. The van der Waals surface area contributed by atoms with E-state index >= 15 is 0 Å². The predicted molar refractivity (Wildman–Crippen MR) is 88.9 cm³/mol. The number of benzene rings is 2. The van der Waals surface area contributed by atoms with Gasteiger partial charge in [0.1, 0.15) is 11.9 Å². The monoisotopic (exact) mass is 326 g/mol. The van der Waals surface area contributed by atoms with Crippen LogP contribution in [0.4, 0.5) is 0 Å². The number of fused-ring (bicyclic) bond motifs is 1. The smallest absolute Gasteiger partial charge is 0.417 e. The Hall–Kier alpha value is -2.57. The second kappa shape index (κ2) is 6.51. The molecule has 0 aliphatic carbocycles. The van der Waals surface area contributed by atoms with Crippen molar-refractivity contribution in [3.8, 4) is 5.75 Å². The second-order valence-corrected chi connectivity index (χ2v) is 5.91. The quantitative estimate of drug-likeness (QED) is 0.753. The van der Waals surface area contributed by atoms with Gasteiger partial charge in [0.15, 0.2) is 5.58 Å². The normalized spacial score (nSPS) is 15.5. The maximum absolute atomic E-state index is 11.2. The summed E-state index contributed by atoms with van der Waals surface area (Å²) in [4.78, 5) is 16.0. The number of aromatic nitrogens is 1. The van der Waals surface area contributed by atoms with Crippen molar-refractivity contribution in [2.45, 2.75) is 12.7 Å². The first kappa shape index (κ1) is 15.0. The molecule has 1 aliphatic heterocycles. The highest BCUT2D eigenvalue weighted by molar-refractivity contribution is 5.73. The molecule has 24 heavy (non-hydrogen) atoms. The number of aromatic amines is 1. The summed E-state index contributed by atoms with van der Waals surface area (Å²) in [6.45, 7) is 2.87. The summed E-state index contributed by atoms with van der Waals surface area (Å²) in [5.74, 6) is 0.280. The molecule has 2 aromatic carbocycles. The van der Waals surface area contributed by atoms with Crippen LogP contribution in [0, 0.1) is 0 Å². The summed E-state index contributed by atoms with van der Waals surface area (Å²) in [7, 11) is 0. The zero-order chi connectivity index (χ0) is 16.4. The lowest BCUT2D eigenvalue weighted by Crippen LogP contribution is -2.54. The van der Waals surface area contributed by atoms with E-state index in [1.165, 1.54) is 5.56 Å². The van der Waals surface area contributed by atoms with E-state index < -0.39 is 5.76 Å². The molecule has 0 amide bonds. The van der Waals surface area contributed by atoms with Crippen LogP contribution in [0.2, 0.25) is 0 Å². The van der Waals surface area contributed by atoms with Gasteiger partial charge in [-0.1, -0.05) is 30.3 Å². The Bertz CT molecular complexity index is 865. The molecule has 1 N–H and O–H groups in total. The van der Waals surface area contributed by atoms with Gasteiger partial charge >= 0.3 is 5.76 Å². The molecule has 6 nitrogen and oxygen atoms in total. The van der Waals surface area contributed by atoms with Gasteiger partial charge in [-0.05, 0) is 17.7 Å². The topological polar surface area (TPSA) is 67.7 Å². The fourth-order valence-electron chi connectivity index (χ4n) is 2.77. The highest BCUT2D eigenvalue weighted by atomic mass is 16.5. The van der Waals surface area contributed by atoms with Gasteiger partial charge in [-0.3, -0.25) is 9.88 Å². The van der Waals surface area contributed by atoms with E-state index in [1.54, 1.807) is 12.1 Å². The molecular weight excluding hydrogens is 308 g/mol. The van der Waals surface area contributed by atoms with Gasteiger partial charge in [0, 0.05) is 19.2 Å². The largest absolute Gasteiger partial charge is 0.488 e. The van der Waals surface area contributed by atoms with Crippen LogP contribution < -0.4 is 10.5 Å². The molecule has 0 bridgehead atoms. The summed E-state index contributed by atoms with van der Waals surface area (Å²) >= 11 is 0. The van der Waals surface area contributed by atoms with Crippen molar-refractivity contribution in [2.24, 2.45) is 0 Å². The molecule has 6 heteroatoms. The number of likely N-dealkylation sites (tertiary alicyclic amines) is 1. The van der Waals surface area contributed by atoms with Crippen molar-refractivity contribution in [2.75, 3.05) is 19.8 Å². The molecule has 1 fully saturated rings. The highest BCUT2D eigenvalue weighted by Crippen LogP contribution is 2.22. The number of nitrogens with zero attached hydrogens (tertiary/aromatic N) is 1. The number of oxazole rings is 1. The standard InChI is InChI=1S/C18H18N2O4/c21-18-19-16-8-14(6-7-17(16)24-18)23-15-9-20(10-15)12-22-11-13-4-2-1-3-5-13/h1-8,15H,9-12H2,(H,19,21). The van der Waals surface area contributed by atoms with Gasteiger partial charge in [0.25, 0.3) is 0 Å². The number of nitrogens with one attached hydrogen (secondary N) is 1. The van der Waals surface area contributed by atoms with Crippen molar-refractivity contribution >= 4 is 11.1 Å². The lowest BCUT2D eigenvalue weighted by atomic mass is 10.2. The predicted octanol–water partition coefficient (Wildman–Crippen LogP) is 2.36. The van der Waals surface area contributed by atoms with Gasteiger partial charge in [0.05, 0.1) is 18.9 Å². The van der Waals surface area contributed by atoms with Crippen LogP contribution in [-0.4, -0.2) is 35.8 Å². The Labute approximate surface area is 138 Å². The van der Waals surface area contributed by atoms with Crippen molar-refractivity contribution in [1.29, 1.82) is 0 Å². The number of hydrogen-bond acceptors (Lipinski definition) is 5. The number of ether oxygens (including phenoxy) is 2. The third kappa shape index (κ3) is 3.34. The molecule has 0 atom stereocenters. The fraction of sp³-hybridized carbons (Fsp3) is 0.278. The van der Waals surface area contributed by atoms with E-state index in [1.807, 2.05) is 24.3 Å². The van der Waals surface area contributed by atoms with Gasteiger partial charge in [-0.2, -0.15) is 0 Å². The maximum Gasteiger partial charge on any atom is 0.417 e. The number of rotatable bonds is 6. The third-order valence-electron chi connectivity index (χ3n) is 4.00. The van der Waals surface area contributed by atoms with Gasteiger partial charge in [-0.25, -0.2) is 4.79 Å². The summed E-state index contributed by atoms with van der Waals surface area (Å²) in [6, 6.07) is 15.5. The summed E-state index contributed by atoms with van der Waals surface area (Å²) in [5, 5.41) is 0. The molecule has 4 rings (SSSR count). The van der Waals surface area contributed by atoms with Crippen molar-refractivity contribution in [3.05, 3.63) is 64.6 Å². The Morgan fingerprint density at radius 3 is 2.83 bits per heavy atom. The highest BCUT2D eigenvalue weighted by Gasteiger charge is 2.28. The van der Waals surface area contributed by atoms with Crippen molar-refractivity contribution < 1.29 is 13.9 Å². The van der Waals surface area contributed by atoms with Crippen LogP contribution in [0.15, 0.2) is 57.7 Å². The first-order chi connectivity index (χ1) is 11.8. The average molecular weight is 326 g/mol. The van der Waals surface area contributed by atoms with Crippen LogP contribution in [0.1, 0.15) is 5.56 Å². The molecule has 1 aromatic heterocycles. The molecule has 124 valence electrons. The van der Waals surface area contributed by atoms with Crippen LogP contribution >= 0.6 is 0 Å². The summed E-state index contributed by atoms with van der Waals surface area (Å²) in [6.07, 6.45) is 0.140. The molecule has 3 aromatic rings. The minimum atomic E-state index is -0.451. The van der Waals surface area contributed by atoms with Gasteiger partial charge in [-0.15, -0.1) is 0 Å². The molecule has 0 spiro atoms. The van der Waals surface area contributed by atoms with Gasteiger partial charge < -0.3 is 13.9 Å². The minimum absolute atomic E-state index is 0.140. The Kier molecular flexibility index (Phi) is 4.06. The van der Waals surface area contributed by atoms with E-state index in [-0.39, 0.29) is 6.10 Å². The molecule has 0 saturated carbocycles. The SMILES string of the molecule is O=c1[nH]c2cc(OC3CN(COCc4ccccc4)C3)ccc2o1. The zero-order valence-corrected chi connectivity index (χ0v) is 13.1. The molecule has 1 saturated heterocycles. The Morgan fingerprint density at radius 2 is 2.00 bits per heavy atom. The van der Waals surface area contributed by atoms with Crippen LogP contribution in [-0.2, 0) is 11.3 Å². The molecular formula is C18H18N2O4. The van der Waals surface area contributed by atoms with E-state index in [0.29, 0.717) is 24.4 Å². The lowest BCUT2D eigenvalue weighted by Gasteiger charge is -2.38.